The number of nitrogens with zero attached hydrogens (tertiary/aromatic N) is 3. The van der Waals surface area contributed by atoms with E-state index in [1.54, 1.807) is 11.5 Å². The summed E-state index contributed by atoms with van der Waals surface area (Å²) in [7, 11) is 1.92. The number of anilines is 2. The minimum atomic E-state index is -0.601. The highest BCUT2D eigenvalue weighted by Crippen LogP contribution is 2.44. The number of hydrogen-bond acceptors (Lipinski definition) is 5. The Hall–Kier alpha value is -3.80. The largest absolute Gasteiger partial charge is 0.463 e. The first kappa shape index (κ1) is 25.3. The number of carbonyl (C=O) groups excluding carboxylic acids is 1. The molecule has 0 bridgehead atoms. The number of allylic oxidation sites excluding steroid dienone is 1. The molecule has 1 unspecified atom stereocenters. The second-order valence-electron chi connectivity index (χ2n) is 8.98. The fraction of sp³-hybridized carbons (Fsp3) is 0.333. The van der Waals surface area contributed by atoms with E-state index >= 15 is 0 Å². The molecule has 0 amide bonds. The van der Waals surface area contributed by atoms with Crippen molar-refractivity contribution in [2.75, 3.05) is 36.5 Å². The zero-order chi connectivity index (χ0) is 26.0. The number of fused-ring (bicyclic) bond motifs is 1. The van der Waals surface area contributed by atoms with Gasteiger partial charge in [-0.3, -0.25) is 9.36 Å². The number of benzene rings is 2. The summed E-state index contributed by atoms with van der Waals surface area (Å²) in [6, 6.07) is 19.0. The summed E-state index contributed by atoms with van der Waals surface area (Å²) in [5.74, 6) is 0.390. The van der Waals surface area contributed by atoms with Crippen molar-refractivity contribution in [1.29, 1.82) is 0 Å². The van der Waals surface area contributed by atoms with Gasteiger partial charge in [0.25, 0.3) is 5.56 Å². The van der Waals surface area contributed by atoms with Crippen LogP contribution in [0.4, 0.5) is 11.5 Å². The Morgan fingerprint density at radius 1 is 0.944 bits per heavy atom. The Bertz CT molecular complexity index is 1340. The minimum absolute atomic E-state index is 0.126. The molecule has 0 N–H and O–H groups in total. The second-order valence-corrected chi connectivity index (χ2v) is 8.98. The van der Waals surface area contributed by atoms with Crippen LogP contribution in [0.1, 0.15) is 44.9 Å². The molecule has 1 aliphatic heterocycles. The van der Waals surface area contributed by atoms with Gasteiger partial charge in [-0.2, -0.15) is 0 Å². The highest BCUT2D eigenvalue weighted by molar-refractivity contribution is 5.94. The lowest BCUT2D eigenvalue weighted by molar-refractivity contribution is -0.139. The fourth-order valence-electron chi connectivity index (χ4n) is 5.33. The van der Waals surface area contributed by atoms with Crippen LogP contribution in [0.5, 0.6) is 0 Å². The molecule has 6 nitrogen and oxygen atoms in total. The zero-order valence-electron chi connectivity index (χ0n) is 22.0. The van der Waals surface area contributed by atoms with Crippen molar-refractivity contribution < 1.29 is 9.53 Å². The number of rotatable bonds is 7. The van der Waals surface area contributed by atoms with E-state index in [-0.39, 0.29) is 12.2 Å². The maximum Gasteiger partial charge on any atom is 0.338 e. The van der Waals surface area contributed by atoms with Gasteiger partial charge in [0.05, 0.1) is 29.5 Å². The Balaban J connectivity index is 2.17. The summed E-state index contributed by atoms with van der Waals surface area (Å²) < 4.78 is 7.29. The SMILES string of the molecule is CCOC(=O)C1=C(C)N(C)c2c(C)c(N(CC)CC)c(-c3ccccc3)c(=O)n2C1c1ccccc1. The van der Waals surface area contributed by atoms with Gasteiger partial charge in [0.2, 0.25) is 0 Å². The summed E-state index contributed by atoms with van der Waals surface area (Å²) in [6.45, 7) is 11.8. The Morgan fingerprint density at radius 2 is 1.53 bits per heavy atom. The lowest BCUT2D eigenvalue weighted by Gasteiger charge is -2.40. The first-order chi connectivity index (χ1) is 17.4. The van der Waals surface area contributed by atoms with E-state index in [1.165, 1.54) is 0 Å². The van der Waals surface area contributed by atoms with Gasteiger partial charge >= 0.3 is 5.97 Å². The van der Waals surface area contributed by atoms with Crippen molar-refractivity contribution in [3.05, 3.63) is 93.4 Å². The quantitative estimate of drug-likeness (QED) is 0.411. The summed E-state index contributed by atoms with van der Waals surface area (Å²) >= 11 is 0. The zero-order valence-corrected chi connectivity index (χ0v) is 22.0. The van der Waals surface area contributed by atoms with Gasteiger partial charge in [0, 0.05) is 31.4 Å². The third-order valence-electron chi connectivity index (χ3n) is 7.08. The Kier molecular flexibility index (Phi) is 7.34. The van der Waals surface area contributed by atoms with Crippen LogP contribution in [0.3, 0.4) is 0 Å². The molecule has 1 atom stereocenters. The molecule has 0 radical (unpaired) electrons. The van der Waals surface area contributed by atoms with E-state index in [1.807, 2.05) is 79.5 Å². The minimum Gasteiger partial charge on any atom is -0.463 e. The molecule has 2 heterocycles. The summed E-state index contributed by atoms with van der Waals surface area (Å²) in [5, 5.41) is 0. The van der Waals surface area contributed by atoms with Crippen LogP contribution in [-0.4, -0.2) is 37.3 Å². The molecule has 188 valence electrons. The maximum absolute atomic E-state index is 14.6. The van der Waals surface area contributed by atoms with Gasteiger partial charge < -0.3 is 14.5 Å². The van der Waals surface area contributed by atoms with Crippen LogP contribution < -0.4 is 15.4 Å². The van der Waals surface area contributed by atoms with Crippen LogP contribution in [-0.2, 0) is 9.53 Å². The van der Waals surface area contributed by atoms with Crippen molar-refractivity contribution in [1.82, 2.24) is 4.57 Å². The molecular formula is C30H35N3O3. The van der Waals surface area contributed by atoms with E-state index in [9.17, 15) is 9.59 Å². The lowest BCUT2D eigenvalue weighted by Crippen LogP contribution is -2.42. The van der Waals surface area contributed by atoms with E-state index in [4.69, 9.17) is 4.74 Å². The molecule has 0 saturated carbocycles. The van der Waals surface area contributed by atoms with Crippen LogP contribution >= 0.6 is 0 Å². The van der Waals surface area contributed by atoms with Crippen LogP contribution in [0, 0.1) is 6.92 Å². The van der Waals surface area contributed by atoms with Crippen molar-refractivity contribution in [3.8, 4) is 11.1 Å². The number of ether oxygens (including phenoxy) is 1. The molecule has 0 fully saturated rings. The molecule has 36 heavy (non-hydrogen) atoms. The molecular weight excluding hydrogens is 450 g/mol. The molecule has 2 aromatic carbocycles. The number of esters is 1. The highest BCUT2D eigenvalue weighted by atomic mass is 16.5. The fourth-order valence-corrected chi connectivity index (χ4v) is 5.33. The third kappa shape index (κ3) is 4.11. The molecule has 0 spiro atoms. The summed E-state index contributed by atoms with van der Waals surface area (Å²) in [5.41, 5.74) is 5.45. The van der Waals surface area contributed by atoms with Crippen molar-refractivity contribution in [2.45, 2.75) is 40.7 Å². The van der Waals surface area contributed by atoms with Gasteiger partial charge in [0.1, 0.15) is 5.82 Å². The highest BCUT2D eigenvalue weighted by Gasteiger charge is 2.39. The van der Waals surface area contributed by atoms with Gasteiger partial charge in [-0.15, -0.1) is 0 Å². The number of carbonyl (C=O) groups is 1. The number of pyridine rings is 1. The molecule has 0 saturated heterocycles. The molecule has 6 heteroatoms. The summed E-state index contributed by atoms with van der Waals surface area (Å²) in [6.07, 6.45) is 0. The van der Waals surface area contributed by atoms with Gasteiger partial charge in [-0.1, -0.05) is 60.7 Å². The maximum atomic E-state index is 14.6. The molecule has 0 aliphatic carbocycles. The van der Waals surface area contributed by atoms with Crippen LogP contribution in [0.2, 0.25) is 0 Å². The predicted molar refractivity (Wildman–Crippen MR) is 147 cm³/mol. The first-order valence-electron chi connectivity index (χ1n) is 12.6. The normalized spacial score (nSPS) is 15.1. The standard InChI is InChI=1S/C30H35N3O3/c1-7-32(8-2)26-20(4)28-31(6)21(5)24(30(35)36-9-3)27(23-18-14-11-15-19-23)33(28)29(34)25(26)22-16-12-10-13-17-22/h10-19,27H,7-9H2,1-6H3. The molecule has 1 aromatic heterocycles. The first-order valence-corrected chi connectivity index (χ1v) is 12.6. The lowest BCUT2D eigenvalue weighted by atomic mass is 9.91. The Labute approximate surface area is 213 Å². The van der Waals surface area contributed by atoms with Crippen molar-refractivity contribution >= 4 is 17.5 Å². The average Bonchev–Trinajstić information content (AvgIpc) is 2.89. The van der Waals surface area contributed by atoms with Gasteiger partial charge in [-0.05, 0) is 45.7 Å². The average molecular weight is 486 g/mol. The monoisotopic (exact) mass is 485 g/mol. The number of aromatic nitrogens is 1. The van der Waals surface area contributed by atoms with E-state index in [0.717, 1.165) is 47.0 Å². The van der Waals surface area contributed by atoms with Crippen LogP contribution in [0.25, 0.3) is 11.1 Å². The third-order valence-corrected chi connectivity index (χ3v) is 7.08. The van der Waals surface area contributed by atoms with Gasteiger partial charge in [-0.25, -0.2) is 4.79 Å². The Morgan fingerprint density at radius 3 is 2.08 bits per heavy atom. The van der Waals surface area contributed by atoms with Crippen LogP contribution in [0.15, 0.2) is 76.7 Å². The van der Waals surface area contributed by atoms with Crippen molar-refractivity contribution in [3.63, 3.8) is 0 Å². The number of hydrogen-bond donors (Lipinski definition) is 0. The van der Waals surface area contributed by atoms with Crippen molar-refractivity contribution in [2.24, 2.45) is 0 Å². The van der Waals surface area contributed by atoms with E-state index < -0.39 is 12.0 Å². The molecule has 3 aromatic rings. The summed E-state index contributed by atoms with van der Waals surface area (Å²) in [4.78, 5) is 32.2. The second kappa shape index (κ2) is 10.4. The molecule has 4 rings (SSSR count). The molecule has 1 aliphatic rings. The van der Waals surface area contributed by atoms with E-state index in [0.29, 0.717) is 11.1 Å². The smallest absolute Gasteiger partial charge is 0.338 e. The van der Waals surface area contributed by atoms with E-state index in [2.05, 4.69) is 25.7 Å². The van der Waals surface area contributed by atoms with Gasteiger partial charge in [0.15, 0.2) is 0 Å². The topological polar surface area (TPSA) is 54.8 Å². The predicted octanol–water partition coefficient (Wildman–Crippen LogP) is 5.55.